The minimum atomic E-state index is -0.0602. The van der Waals surface area contributed by atoms with Gasteiger partial charge in [0.05, 0.1) is 18.5 Å². The molecule has 5 nitrogen and oxygen atoms in total. The zero-order valence-electron chi connectivity index (χ0n) is 12.0. The van der Waals surface area contributed by atoms with E-state index in [0.29, 0.717) is 31.0 Å². The zero-order chi connectivity index (χ0) is 15.1. The van der Waals surface area contributed by atoms with Gasteiger partial charge in [-0.05, 0) is 37.1 Å². The Morgan fingerprint density at radius 1 is 1.29 bits per heavy atom. The number of para-hydroxylation sites is 1. The first-order chi connectivity index (χ1) is 10.1. The van der Waals surface area contributed by atoms with Crippen LogP contribution in [-0.2, 0) is 4.79 Å². The molecule has 1 aromatic heterocycles. The van der Waals surface area contributed by atoms with Gasteiger partial charge in [-0.3, -0.25) is 4.79 Å². The van der Waals surface area contributed by atoms with Gasteiger partial charge in [0.25, 0.3) is 0 Å². The number of pyridine rings is 1. The number of nitrogen functional groups attached to an aromatic ring is 1. The molecule has 1 aromatic carbocycles. The monoisotopic (exact) mass is 285 g/mol. The van der Waals surface area contributed by atoms with Crippen LogP contribution in [0.15, 0.2) is 42.6 Å². The highest BCUT2D eigenvalue weighted by atomic mass is 16.5. The van der Waals surface area contributed by atoms with Crippen molar-refractivity contribution in [2.75, 3.05) is 17.7 Å². The minimum Gasteiger partial charge on any atom is -0.493 e. The molecular formula is C16H19N3O2. The molecule has 1 heterocycles. The van der Waals surface area contributed by atoms with E-state index in [9.17, 15) is 4.79 Å². The fourth-order valence-electron chi connectivity index (χ4n) is 1.84. The number of nitrogens with zero attached hydrogens (tertiary/aromatic N) is 1. The molecular weight excluding hydrogens is 266 g/mol. The van der Waals surface area contributed by atoms with Crippen molar-refractivity contribution in [1.82, 2.24) is 4.98 Å². The molecule has 2 rings (SSSR count). The first-order valence-corrected chi connectivity index (χ1v) is 6.85. The third-order valence-corrected chi connectivity index (χ3v) is 2.97. The molecule has 0 radical (unpaired) electrons. The summed E-state index contributed by atoms with van der Waals surface area (Å²) in [5, 5.41) is 2.77. The number of aromatic nitrogens is 1. The summed E-state index contributed by atoms with van der Waals surface area (Å²) in [5.41, 5.74) is 7.22. The molecule has 0 aliphatic heterocycles. The van der Waals surface area contributed by atoms with E-state index in [2.05, 4.69) is 10.3 Å². The van der Waals surface area contributed by atoms with Gasteiger partial charge in [-0.25, -0.2) is 4.98 Å². The number of anilines is 2. The summed E-state index contributed by atoms with van der Waals surface area (Å²) in [6.07, 6.45) is 2.59. The molecule has 21 heavy (non-hydrogen) atoms. The van der Waals surface area contributed by atoms with Crippen LogP contribution in [-0.4, -0.2) is 17.5 Å². The number of benzene rings is 1. The lowest BCUT2D eigenvalue weighted by Crippen LogP contribution is -2.13. The molecule has 3 N–H and O–H groups in total. The fraction of sp³-hybridized carbons (Fsp3) is 0.250. The molecule has 0 fully saturated rings. The molecule has 2 aromatic rings. The van der Waals surface area contributed by atoms with Gasteiger partial charge in [-0.2, -0.15) is 0 Å². The summed E-state index contributed by atoms with van der Waals surface area (Å²) in [4.78, 5) is 15.7. The van der Waals surface area contributed by atoms with Gasteiger partial charge >= 0.3 is 0 Å². The molecule has 0 unspecified atom stereocenters. The maximum Gasteiger partial charge on any atom is 0.224 e. The van der Waals surface area contributed by atoms with Gasteiger partial charge in [0.2, 0.25) is 5.91 Å². The summed E-state index contributed by atoms with van der Waals surface area (Å²) < 4.78 is 5.64. The Labute approximate surface area is 124 Å². The molecule has 1 amide bonds. The highest BCUT2D eigenvalue weighted by Crippen LogP contribution is 2.16. The Hall–Kier alpha value is -2.56. The lowest BCUT2D eigenvalue weighted by molar-refractivity contribution is -0.116. The molecule has 5 heteroatoms. The average Bonchev–Trinajstić information content (AvgIpc) is 2.48. The van der Waals surface area contributed by atoms with E-state index in [1.807, 2.05) is 31.2 Å². The van der Waals surface area contributed by atoms with Crippen molar-refractivity contribution < 1.29 is 9.53 Å². The molecule has 0 saturated heterocycles. The van der Waals surface area contributed by atoms with E-state index in [0.717, 1.165) is 11.3 Å². The summed E-state index contributed by atoms with van der Waals surface area (Å²) >= 11 is 0. The highest BCUT2D eigenvalue weighted by Gasteiger charge is 2.03. The number of hydrogen-bond acceptors (Lipinski definition) is 4. The summed E-state index contributed by atoms with van der Waals surface area (Å²) in [7, 11) is 0. The Morgan fingerprint density at radius 3 is 2.81 bits per heavy atom. The van der Waals surface area contributed by atoms with E-state index in [1.165, 1.54) is 6.20 Å². The van der Waals surface area contributed by atoms with Gasteiger partial charge in [0.15, 0.2) is 0 Å². The SMILES string of the molecule is Cc1ccccc1OCCCC(=O)Nc1ccc(N)nc1. The number of amides is 1. The molecule has 0 aliphatic carbocycles. The second-order valence-electron chi connectivity index (χ2n) is 4.74. The van der Waals surface area contributed by atoms with Gasteiger partial charge in [0.1, 0.15) is 11.6 Å². The van der Waals surface area contributed by atoms with E-state index < -0.39 is 0 Å². The molecule has 110 valence electrons. The first kappa shape index (κ1) is 14.8. The van der Waals surface area contributed by atoms with Crippen LogP contribution >= 0.6 is 0 Å². The Bertz CT molecular complexity index is 597. The lowest BCUT2D eigenvalue weighted by atomic mass is 10.2. The largest absolute Gasteiger partial charge is 0.493 e. The van der Waals surface area contributed by atoms with Crippen LogP contribution in [0.1, 0.15) is 18.4 Å². The summed E-state index contributed by atoms with van der Waals surface area (Å²) in [6.45, 7) is 2.51. The van der Waals surface area contributed by atoms with Crippen molar-refractivity contribution in [3.63, 3.8) is 0 Å². The smallest absolute Gasteiger partial charge is 0.224 e. The van der Waals surface area contributed by atoms with Crippen molar-refractivity contribution in [2.24, 2.45) is 0 Å². The zero-order valence-corrected chi connectivity index (χ0v) is 12.0. The minimum absolute atomic E-state index is 0.0602. The quantitative estimate of drug-likeness (QED) is 0.800. The summed E-state index contributed by atoms with van der Waals surface area (Å²) in [5.74, 6) is 1.23. The lowest BCUT2D eigenvalue weighted by Gasteiger charge is -2.09. The van der Waals surface area contributed by atoms with Gasteiger partial charge < -0.3 is 15.8 Å². The topological polar surface area (TPSA) is 77.2 Å². The predicted molar refractivity (Wildman–Crippen MR) is 83.2 cm³/mol. The maximum absolute atomic E-state index is 11.7. The van der Waals surface area contributed by atoms with Crippen molar-refractivity contribution in [3.8, 4) is 5.75 Å². The number of rotatable bonds is 6. The maximum atomic E-state index is 11.7. The van der Waals surface area contributed by atoms with Crippen molar-refractivity contribution in [2.45, 2.75) is 19.8 Å². The van der Waals surface area contributed by atoms with Crippen molar-refractivity contribution in [3.05, 3.63) is 48.2 Å². The third kappa shape index (κ3) is 4.80. The first-order valence-electron chi connectivity index (χ1n) is 6.85. The Kier molecular flexibility index (Phi) is 5.15. The Balaban J connectivity index is 1.70. The van der Waals surface area contributed by atoms with Gasteiger partial charge in [-0.15, -0.1) is 0 Å². The number of carbonyl (C=O) groups excluding carboxylic acids is 1. The number of nitrogens with two attached hydrogens (primary N) is 1. The van der Waals surface area contributed by atoms with Crippen LogP contribution in [0, 0.1) is 6.92 Å². The third-order valence-electron chi connectivity index (χ3n) is 2.97. The molecule has 0 saturated carbocycles. The number of nitrogens with one attached hydrogen (secondary N) is 1. The van der Waals surface area contributed by atoms with Crippen LogP contribution in [0.4, 0.5) is 11.5 Å². The molecule has 0 spiro atoms. The fourth-order valence-corrected chi connectivity index (χ4v) is 1.84. The van der Waals surface area contributed by atoms with Crippen molar-refractivity contribution >= 4 is 17.4 Å². The average molecular weight is 285 g/mol. The second kappa shape index (κ2) is 7.28. The molecule has 0 atom stereocenters. The number of ether oxygens (including phenoxy) is 1. The van der Waals surface area contributed by atoms with E-state index in [1.54, 1.807) is 12.1 Å². The van der Waals surface area contributed by atoms with Crippen LogP contribution in [0.25, 0.3) is 0 Å². The number of hydrogen-bond donors (Lipinski definition) is 2. The van der Waals surface area contributed by atoms with Crippen LogP contribution in [0.5, 0.6) is 5.75 Å². The van der Waals surface area contributed by atoms with Crippen LogP contribution in [0.3, 0.4) is 0 Å². The Morgan fingerprint density at radius 2 is 2.10 bits per heavy atom. The number of carbonyl (C=O) groups is 1. The molecule has 0 bridgehead atoms. The summed E-state index contributed by atoms with van der Waals surface area (Å²) in [6, 6.07) is 11.2. The molecule has 0 aliphatic rings. The highest BCUT2D eigenvalue weighted by molar-refractivity contribution is 5.90. The van der Waals surface area contributed by atoms with Crippen molar-refractivity contribution in [1.29, 1.82) is 0 Å². The second-order valence-corrected chi connectivity index (χ2v) is 4.74. The standard InChI is InChI=1S/C16H19N3O2/c1-12-5-2-3-6-14(12)21-10-4-7-16(20)19-13-8-9-15(17)18-11-13/h2-3,5-6,8-9,11H,4,7,10H2,1H3,(H2,17,18)(H,19,20). The normalized spacial score (nSPS) is 10.1. The van der Waals surface area contributed by atoms with E-state index in [-0.39, 0.29) is 5.91 Å². The van der Waals surface area contributed by atoms with Gasteiger partial charge in [-0.1, -0.05) is 18.2 Å². The van der Waals surface area contributed by atoms with E-state index >= 15 is 0 Å². The van der Waals surface area contributed by atoms with Gasteiger partial charge in [0, 0.05) is 6.42 Å². The predicted octanol–water partition coefficient (Wildman–Crippen LogP) is 2.77. The number of aryl methyl sites for hydroxylation is 1. The van der Waals surface area contributed by atoms with Crippen LogP contribution < -0.4 is 15.8 Å². The van der Waals surface area contributed by atoms with Crippen LogP contribution in [0.2, 0.25) is 0 Å². The van der Waals surface area contributed by atoms with E-state index in [4.69, 9.17) is 10.5 Å².